The van der Waals surface area contributed by atoms with E-state index in [0.29, 0.717) is 0 Å². The molecule has 2 aromatic rings. The van der Waals surface area contributed by atoms with Crippen molar-refractivity contribution in [1.82, 2.24) is 5.32 Å². The van der Waals surface area contributed by atoms with Crippen LogP contribution in [0.15, 0.2) is 33.6 Å². The second-order valence-electron chi connectivity index (χ2n) is 3.25. The number of thiophene rings is 1. The molecule has 0 fully saturated rings. The molecule has 0 aliphatic carbocycles. The zero-order chi connectivity index (χ0) is 9.97. The Bertz CT molecular complexity index is 391. The summed E-state index contributed by atoms with van der Waals surface area (Å²) in [5.74, 6) is 0.967. The summed E-state index contributed by atoms with van der Waals surface area (Å²) in [6.45, 7) is 2.12. The third kappa shape index (κ3) is 1.61. The molecule has 0 saturated heterocycles. The van der Waals surface area contributed by atoms with E-state index in [0.717, 1.165) is 5.76 Å². The van der Waals surface area contributed by atoms with Gasteiger partial charge < -0.3 is 9.73 Å². The quantitative estimate of drug-likeness (QED) is 0.837. The average molecular weight is 207 g/mol. The molecule has 0 spiro atoms. The first-order chi connectivity index (χ1) is 6.83. The average Bonchev–Trinajstić information content (AvgIpc) is 2.80. The smallest absolute Gasteiger partial charge is 0.125 e. The van der Waals surface area contributed by atoms with Gasteiger partial charge in [-0.05, 0) is 48.0 Å². The van der Waals surface area contributed by atoms with Crippen molar-refractivity contribution in [2.45, 2.75) is 13.0 Å². The van der Waals surface area contributed by atoms with Crippen molar-refractivity contribution in [3.63, 3.8) is 0 Å². The van der Waals surface area contributed by atoms with E-state index in [9.17, 15) is 0 Å². The van der Waals surface area contributed by atoms with Crippen molar-refractivity contribution in [3.8, 4) is 0 Å². The Morgan fingerprint density at radius 3 is 2.79 bits per heavy atom. The highest BCUT2D eigenvalue weighted by Crippen LogP contribution is 2.27. The van der Waals surface area contributed by atoms with Crippen molar-refractivity contribution in [2.75, 3.05) is 7.05 Å². The third-order valence-electron chi connectivity index (χ3n) is 2.32. The summed E-state index contributed by atoms with van der Waals surface area (Å²) in [6.07, 6.45) is 1.71. The zero-order valence-electron chi connectivity index (χ0n) is 8.28. The van der Waals surface area contributed by atoms with Gasteiger partial charge in [0, 0.05) is 0 Å². The lowest BCUT2D eigenvalue weighted by atomic mass is 10.0. The molecule has 2 nitrogen and oxygen atoms in total. The van der Waals surface area contributed by atoms with Crippen molar-refractivity contribution in [1.29, 1.82) is 0 Å². The number of nitrogens with one attached hydrogen (secondary N) is 1. The van der Waals surface area contributed by atoms with Crippen LogP contribution in [0.2, 0.25) is 0 Å². The molecule has 1 atom stereocenters. The van der Waals surface area contributed by atoms with E-state index in [1.54, 1.807) is 17.6 Å². The van der Waals surface area contributed by atoms with Crippen LogP contribution in [0.1, 0.15) is 22.9 Å². The second-order valence-corrected chi connectivity index (χ2v) is 3.99. The van der Waals surface area contributed by atoms with E-state index in [4.69, 9.17) is 4.42 Å². The highest BCUT2D eigenvalue weighted by atomic mass is 32.1. The maximum Gasteiger partial charge on any atom is 0.125 e. The number of furan rings is 1. The summed E-state index contributed by atoms with van der Waals surface area (Å²) in [6, 6.07) is 4.09. The number of hydrogen-bond donors (Lipinski definition) is 1. The third-order valence-corrected chi connectivity index (χ3v) is 3.20. The molecule has 2 rings (SSSR count). The minimum absolute atomic E-state index is 0.177. The molecule has 2 heterocycles. The molecular weight excluding hydrogens is 194 g/mol. The molecule has 0 saturated carbocycles. The van der Waals surface area contributed by atoms with Crippen LogP contribution >= 0.6 is 11.3 Å². The van der Waals surface area contributed by atoms with Crippen LogP contribution in [-0.4, -0.2) is 7.05 Å². The fourth-order valence-electron chi connectivity index (χ4n) is 1.57. The van der Waals surface area contributed by atoms with E-state index in [1.807, 2.05) is 19.2 Å². The van der Waals surface area contributed by atoms with E-state index in [-0.39, 0.29) is 6.04 Å². The Morgan fingerprint density at radius 1 is 1.43 bits per heavy atom. The van der Waals surface area contributed by atoms with Crippen molar-refractivity contribution < 1.29 is 4.42 Å². The Balaban J connectivity index is 2.36. The van der Waals surface area contributed by atoms with Crippen LogP contribution in [0.25, 0.3) is 0 Å². The van der Waals surface area contributed by atoms with Gasteiger partial charge in [-0.25, -0.2) is 0 Å². The molecule has 0 aliphatic rings. The van der Waals surface area contributed by atoms with E-state index in [2.05, 4.69) is 23.0 Å². The zero-order valence-corrected chi connectivity index (χ0v) is 9.10. The van der Waals surface area contributed by atoms with E-state index in [1.165, 1.54) is 11.1 Å². The molecule has 0 aromatic carbocycles. The predicted octanol–water partition coefficient (Wildman–Crippen LogP) is 2.96. The van der Waals surface area contributed by atoms with Gasteiger partial charge in [0.05, 0.1) is 12.3 Å². The van der Waals surface area contributed by atoms with Gasteiger partial charge in [0.25, 0.3) is 0 Å². The maximum atomic E-state index is 5.41. The first-order valence-electron chi connectivity index (χ1n) is 4.56. The molecule has 0 bridgehead atoms. The molecule has 2 aromatic heterocycles. The Kier molecular flexibility index (Phi) is 2.70. The standard InChI is InChI=1S/C11H13NOS/c1-8-6-14-7-9(8)11(12-2)10-4-3-5-13-10/h3-7,11-12H,1-2H3. The lowest BCUT2D eigenvalue weighted by Gasteiger charge is -2.13. The fourth-order valence-corrected chi connectivity index (χ4v) is 2.45. The summed E-state index contributed by atoms with van der Waals surface area (Å²) < 4.78 is 5.41. The monoisotopic (exact) mass is 207 g/mol. The highest BCUT2D eigenvalue weighted by Gasteiger charge is 2.16. The molecule has 74 valence electrons. The largest absolute Gasteiger partial charge is 0.467 e. The molecule has 1 unspecified atom stereocenters. The van der Waals surface area contributed by atoms with Crippen LogP contribution in [0, 0.1) is 6.92 Å². The number of rotatable bonds is 3. The van der Waals surface area contributed by atoms with Gasteiger partial charge in [0.2, 0.25) is 0 Å². The minimum atomic E-state index is 0.177. The predicted molar refractivity (Wildman–Crippen MR) is 58.7 cm³/mol. The van der Waals surface area contributed by atoms with E-state index >= 15 is 0 Å². The van der Waals surface area contributed by atoms with Crippen molar-refractivity contribution in [3.05, 3.63) is 46.0 Å². The van der Waals surface area contributed by atoms with Crippen molar-refractivity contribution >= 4 is 11.3 Å². The lowest BCUT2D eigenvalue weighted by Crippen LogP contribution is -2.17. The highest BCUT2D eigenvalue weighted by molar-refractivity contribution is 7.08. The van der Waals surface area contributed by atoms with Crippen LogP contribution in [-0.2, 0) is 0 Å². The topological polar surface area (TPSA) is 25.2 Å². The van der Waals surface area contributed by atoms with Gasteiger partial charge in [0.1, 0.15) is 5.76 Å². The second kappa shape index (κ2) is 3.98. The molecule has 0 aliphatic heterocycles. The number of aryl methyl sites for hydroxylation is 1. The van der Waals surface area contributed by atoms with Crippen LogP contribution < -0.4 is 5.32 Å². The van der Waals surface area contributed by atoms with Gasteiger partial charge in [-0.2, -0.15) is 11.3 Å². The summed E-state index contributed by atoms with van der Waals surface area (Å²) in [5, 5.41) is 7.58. The summed E-state index contributed by atoms with van der Waals surface area (Å²) in [4.78, 5) is 0. The normalized spacial score (nSPS) is 13.0. The van der Waals surface area contributed by atoms with Gasteiger partial charge in [0.15, 0.2) is 0 Å². The van der Waals surface area contributed by atoms with Crippen LogP contribution in [0.5, 0.6) is 0 Å². The first kappa shape index (κ1) is 9.49. The molecule has 0 amide bonds. The van der Waals surface area contributed by atoms with Gasteiger partial charge >= 0.3 is 0 Å². The maximum absolute atomic E-state index is 5.41. The molecule has 1 N–H and O–H groups in total. The lowest BCUT2D eigenvalue weighted by molar-refractivity contribution is 0.463. The SMILES string of the molecule is CNC(c1ccco1)c1cscc1C. The van der Waals surface area contributed by atoms with Gasteiger partial charge in [-0.3, -0.25) is 0 Å². The van der Waals surface area contributed by atoms with Gasteiger partial charge in [-0.1, -0.05) is 0 Å². The Morgan fingerprint density at radius 2 is 2.29 bits per heavy atom. The molecule has 0 radical (unpaired) electrons. The van der Waals surface area contributed by atoms with Crippen molar-refractivity contribution in [2.24, 2.45) is 0 Å². The summed E-state index contributed by atoms with van der Waals surface area (Å²) in [5.41, 5.74) is 2.61. The van der Waals surface area contributed by atoms with Crippen LogP contribution in [0.3, 0.4) is 0 Å². The summed E-state index contributed by atoms with van der Waals surface area (Å²) >= 11 is 1.73. The Labute approximate surface area is 87.6 Å². The van der Waals surface area contributed by atoms with Gasteiger partial charge in [-0.15, -0.1) is 0 Å². The fraction of sp³-hybridized carbons (Fsp3) is 0.273. The molecular formula is C11H13NOS. The molecule has 3 heteroatoms. The summed E-state index contributed by atoms with van der Waals surface area (Å²) in [7, 11) is 1.95. The van der Waals surface area contributed by atoms with Crippen LogP contribution in [0.4, 0.5) is 0 Å². The first-order valence-corrected chi connectivity index (χ1v) is 5.50. The Hall–Kier alpha value is -1.06. The minimum Gasteiger partial charge on any atom is -0.467 e. The number of hydrogen-bond acceptors (Lipinski definition) is 3. The molecule has 14 heavy (non-hydrogen) atoms. The van der Waals surface area contributed by atoms with E-state index < -0.39 is 0 Å².